The monoisotopic (exact) mass is 484 g/mol. The van der Waals surface area contributed by atoms with E-state index in [1.165, 1.54) is 17.5 Å². The van der Waals surface area contributed by atoms with Gasteiger partial charge in [0.05, 0.1) is 5.76 Å². The minimum Gasteiger partial charge on any atom is -0.534 e. The summed E-state index contributed by atoms with van der Waals surface area (Å²) in [5.41, 5.74) is 5.58. The van der Waals surface area contributed by atoms with Crippen LogP contribution in [0.2, 0.25) is 0 Å². The van der Waals surface area contributed by atoms with Crippen LogP contribution in [0.3, 0.4) is 0 Å². The van der Waals surface area contributed by atoms with E-state index in [0.29, 0.717) is 5.76 Å². The summed E-state index contributed by atoms with van der Waals surface area (Å²) in [4.78, 5) is 0. The fraction of sp³-hybridized carbons (Fsp3) is 0.500. The number of hydrogen-bond acceptors (Lipinski definition) is 3. The molecule has 2 fully saturated rings. The molecule has 1 saturated carbocycles. The van der Waals surface area contributed by atoms with E-state index >= 15 is 0 Å². The molecule has 190 valence electrons. The maximum absolute atomic E-state index is 10.8. The fourth-order valence-electron chi connectivity index (χ4n) is 5.77. The number of hydrogen-bond donors (Lipinski definition) is 1. The van der Waals surface area contributed by atoms with Crippen LogP contribution in [0.25, 0.3) is 0 Å². The summed E-state index contributed by atoms with van der Waals surface area (Å²) in [7, 11) is -0.418. The van der Waals surface area contributed by atoms with Gasteiger partial charge in [0, 0.05) is 11.0 Å². The minimum absolute atomic E-state index is 0.0954. The van der Waals surface area contributed by atoms with Crippen molar-refractivity contribution in [1.29, 1.82) is 0 Å². The van der Waals surface area contributed by atoms with E-state index in [-0.39, 0.29) is 5.41 Å². The second-order valence-electron chi connectivity index (χ2n) is 11.2. The molecule has 0 aromatic heterocycles. The van der Waals surface area contributed by atoms with Crippen LogP contribution in [0.1, 0.15) is 100 Å². The molecule has 4 heteroatoms. The van der Waals surface area contributed by atoms with Crippen LogP contribution >= 0.6 is 0 Å². The van der Waals surface area contributed by atoms with Crippen LogP contribution in [0, 0.1) is 25.7 Å². The molecule has 0 atom stereocenters. The Morgan fingerprint density at radius 3 is 2.11 bits per heavy atom. The highest BCUT2D eigenvalue weighted by atomic mass is 16.7. The summed E-state index contributed by atoms with van der Waals surface area (Å²) < 4.78 is 12.1. The van der Waals surface area contributed by atoms with Crippen LogP contribution in [0.4, 0.5) is 0 Å². The number of aryl methyl sites for hydroxylation is 2. The number of rotatable bonds is 5. The molecular weight excluding hydrogens is 443 g/mol. The van der Waals surface area contributed by atoms with Gasteiger partial charge in [-0.2, -0.15) is 0 Å². The van der Waals surface area contributed by atoms with Crippen molar-refractivity contribution in [2.45, 2.75) is 103 Å². The molecule has 1 aliphatic heterocycles. The molecule has 1 N–H and O–H groups in total. The van der Waals surface area contributed by atoms with Crippen molar-refractivity contribution < 1.29 is 14.4 Å². The van der Waals surface area contributed by atoms with Gasteiger partial charge in [0.25, 0.3) is 0 Å². The van der Waals surface area contributed by atoms with Crippen molar-refractivity contribution >= 4 is 12.6 Å². The lowest BCUT2D eigenvalue weighted by Crippen LogP contribution is -2.37. The van der Waals surface area contributed by atoms with Gasteiger partial charge in [-0.25, -0.2) is 0 Å². The smallest absolute Gasteiger partial charge is 0.534 e. The predicted molar refractivity (Wildman–Crippen MR) is 149 cm³/mol. The lowest BCUT2D eigenvalue weighted by molar-refractivity contribution is 0.0610. The average molecular weight is 484 g/mol. The first-order valence-electron chi connectivity index (χ1n) is 13.5. The minimum atomic E-state index is -0.826. The Labute approximate surface area is 218 Å². The summed E-state index contributed by atoms with van der Waals surface area (Å²) in [5, 5.41) is 10.8. The topological polar surface area (TPSA) is 38.7 Å². The fourth-order valence-corrected chi connectivity index (χ4v) is 5.77. The zero-order valence-corrected chi connectivity index (χ0v) is 23.0. The van der Waals surface area contributed by atoms with Crippen molar-refractivity contribution in [2.75, 3.05) is 0 Å². The molecule has 3 nitrogen and oxygen atoms in total. The van der Waals surface area contributed by atoms with Crippen molar-refractivity contribution in [3.05, 3.63) is 76.6 Å². The second kappa shape index (κ2) is 10.1. The van der Waals surface area contributed by atoms with Crippen molar-refractivity contribution in [3.63, 3.8) is 0 Å². The highest BCUT2D eigenvalue weighted by Crippen LogP contribution is 2.40. The molecule has 2 aromatic carbocycles. The van der Waals surface area contributed by atoms with Crippen molar-refractivity contribution in [1.82, 2.24) is 0 Å². The van der Waals surface area contributed by atoms with Gasteiger partial charge < -0.3 is 14.4 Å². The number of benzene rings is 2. The van der Waals surface area contributed by atoms with Gasteiger partial charge in [0.15, 0.2) is 0 Å². The molecule has 2 aromatic rings. The zero-order chi connectivity index (χ0) is 26.1. The molecule has 2 aliphatic rings. The van der Waals surface area contributed by atoms with E-state index in [9.17, 15) is 5.11 Å². The molecule has 0 bridgehead atoms. The van der Waals surface area contributed by atoms with Crippen molar-refractivity contribution in [3.8, 4) is 11.8 Å². The predicted octanol–water partition coefficient (Wildman–Crippen LogP) is 6.49. The summed E-state index contributed by atoms with van der Waals surface area (Å²) in [6, 6.07) is 13.3. The Bertz CT molecular complexity index is 1190. The molecule has 0 amide bonds. The maximum Gasteiger partial charge on any atom is 0.563 e. The number of aliphatic hydroxyl groups is 1. The summed E-state index contributed by atoms with van der Waals surface area (Å²) in [6.45, 7) is 16.8. The van der Waals surface area contributed by atoms with Gasteiger partial charge >= 0.3 is 7.12 Å². The largest absolute Gasteiger partial charge is 0.563 e. The summed E-state index contributed by atoms with van der Waals surface area (Å²) in [6.07, 6.45) is 6.86. The summed E-state index contributed by atoms with van der Waals surface area (Å²) >= 11 is 0. The molecule has 0 radical (unpaired) electrons. The van der Waals surface area contributed by atoms with Crippen LogP contribution in [0.15, 0.2) is 48.7 Å². The third-order valence-electron chi connectivity index (χ3n) is 8.50. The van der Waals surface area contributed by atoms with E-state index in [1.54, 1.807) is 0 Å². The first-order valence-corrected chi connectivity index (χ1v) is 13.5. The van der Waals surface area contributed by atoms with Crippen LogP contribution in [-0.2, 0) is 14.7 Å². The highest BCUT2D eigenvalue weighted by molar-refractivity contribution is 6.62. The molecule has 0 unspecified atom stereocenters. The van der Waals surface area contributed by atoms with Crippen LogP contribution in [0.5, 0.6) is 0 Å². The lowest BCUT2D eigenvalue weighted by Gasteiger charge is -2.34. The standard InChI is InChI=1S/C32H41BO3/c1-8-32(9-2,28-15-16-29(24(4)22-28)33-35-25(5)30(6,7)36-33)27-14-13-26(23(3)21-27)17-20-31(34)18-11-10-12-19-31/h13-16,21-22,34H,5,8-12,18-19H2,1-4,6-7H3. The van der Waals surface area contributed by atoms with Gasteiger partial charge in [-0.3, -0.25) is 0 Å². The Balaban J connectivity index is 1.65. The van der Waals surface area contributed by atoms with E-state index in [4.69, 9.17) is 9.31 Å². The molecule has 36 heavy (non-hydrogen) atoms. The Hall–Kier alpha value is -2.48. The first kappa shape index (κ1) is 26.6. The second-order valence-corrected chi connectivity index (χ2v) is 11.2. The van der Waals surface area contributed by atoms with Gasteiger partial charge in [-0.15, -0.1) is 0 Å². The SMILES string of the molecule is C=C1OB(c2ccc(C(CC)(CC)c3ccc(C#CC4(O)CCCCC4)c(C)c3)cc2C)OC1(C)C. The molecule has 1 aliphatic carbocycles. The highest BCUT2D eigenvalue weighted by Gasteiger charge is 2.43. The quantitative estimate of drug-likeness (QED) is 0.390. The molecular formula is C32H41BO3. The molecule has 1 saturated heterocycles. The normalized spacial score (nSPS) is 19.0. The molecule has 1 heterocycles. The van der Waals surface area contributed by atoms with Gasteiger partial charge in [0.2, 0.25) is 0 Å². The van der Waals surface area contributed by atoms with Crippen molar-refractivity contribution in [2.24, 2.45) is 0 Å². The van der Waals surface area contributed by atoms with E-state index in [0.717, 1.165) is 60.7 Å². The van der Waals surface area contributed by atoms with Gasteiger partial charge in [-0.05, 0) is 100 Å². The Morgan fingerprint density at radius 2 is 1.58 bits per heavy atom. The van der Waals surface area contributed by atoms with E-state index < -0.39 is 18.3 Å². The van der Waals surface area contributed by atoms with Crippen LogP contribution in [-0.4, -0.2) is 23.4 Å². The van der Waals surface area contributed by atoms with Crippen LogP contribution < -0.4 is 5.46 Å². The third-order valence-corrected chi connectivity index (χ3v) is 8.50. The van der Waals surface area contributed by atoms with E-state index in [1.807, 2.05) is 13.8 Å². The molecule has 0 spiro atoms. The van der Waals surface area contributed by atoms with Gasteiger partial charge in [-0.1, -0.05) is 69.0 Å². The Morgan fingerprint density at radius 1 is 0.972 bits per heavy atom. The lowest BCUT2D eigenvalue weighted by atomic mass is 9.68. The van der Waals surface area contributed by atoms with E-state index in [2.05, 4.69) is 82.5 Å². The summed E-state index contributed by atoms with van der Waals surface area (Å²) in [5.74, 6) is 7.17. The molecule has 4 rings (SSSR count). The average Bonchev–Trinajstić information content (AvgIpc) is 3.12. The zero-order valence-electron chi connectivity index (χ0n) is 23.0. The Kier molecular flexibility index (Phi) is 7.47. The maximum atomic E-state index is 10.8. The third kappa shape index (κ3) is 5.02. The van der Waals surface area contributed by atoms with Gasteiger partial charge in [0.1, 0.15) is 11.2 Å². The first-order chi connectivity index (χ1) is 17.0.